The largest absolute Gasteiger partial charge is 0.300 e. The van der Waals surface area contributed by atoms with Crippen LogP contribution in [0.15, 0.2) is 28.9 Å². The average Bonchev–Trinajstić information content (AvgIpc) is 2.89. The first-order valence-corrected chi connectivity index (χ1v) is 7.47. The minimum Gasteiger partial charge on any atom is -0.300 e. The van der Waals surface area contributed by atoms with Gasteiger partial charge in [0.05, 0.1) is 5.69 Å². The summed E-state index contributed by atoms with van der Waals surface area (Å²) in [6.07, 6.45) is 1.90. The van der Waals surface area contributed by atoms with Gasteiger partial charge in [0.2, 0.25) is 5.78 Å². The topological polar surface area (TPSA) is 35.1 Å². The summed E-state index contributed by atoms with van der Waals surface area (Å²) in [6, 6.07) is 8.67. The summed E-state index contributed by atoms with van der Waals surface area (Å²) >= 11 is 3.53. The van der Waals surface area contributed by atoms with Gasteiger partial charge in [0.15, 0.2) is 0 Å². The Kier molecular flexibility index (Phi) is 3.38. The number of halogens is 1. The number of aryl methyl sites for hydroxylation is 5. The van der Waals surface area contributed by atoms with Crippen molar-refractivity contribution in [2.75, 3.05) is 0 Å². The van der Waals surface area contributed by atoms with Crippen LogP contribution in [0.2, 0.25) is 0 Å². The first-order valence-electron chi connectivity index (χ1n) is 6.68. The van der Waals surface area contributed by atoms with Crippen molar-refractivity contribution in [2.24, 2.45) is 7.05 Å². The van der Waals surface area contributed by atoms with Gasteiger partial charge >= 0.3 is 0 Å². The summed E-state index contributed by atoms with van der Waals surface area (Å²) in [5.41, 5.74) is 3.60. The first kappa shape index (κ1) is 13.4. The lowest BCUT2D eigenvalue weighted by Gasteiger charge is -2.02. The fourth-order valence-electron chi connectivity index (χ4n) is 2.32. The zero-order valence-electron chi connectivity index (χ0n) is 11.9. The first-order chi connectivity index (χ1) is 9.56. The molecule has 3 aromatic rings. The van der Waals surface area contributed by atoms with E-state index in [4.69, 9.17) is 0 Å². The lowest BCUT2D eigenvalue weighted by atomic mass is 10.1. The van der Waals surface area contributed by atoms with Crippen molar-refractivity contribution in [1.82, 2.24) is 19.2 Å². The summed E-state index contributed by atoms with van der Waals surface area (Å²) in [7, 11) is 2.02. The van der Waals surface area contributed by atoms with Gasteiger partial charge in [-0.2, -0.15) is 9.61 Å². The molecule has 0 N–H and O–H groups in total. The second kappa shape index (κ2) is 5.05. The normalized spacial score (nSPS) is 11.4. The number of aromatic nitrogens is 4. The molecule has 3 rings (SSSR count). The summed E-state index contributed by atoms with van der Waals surface area (Å²) in [6.45, 7) is 4.09. The number of rotatable bonds is 3. The number of hydrogen-bond acceptors (Lipinski definition) is 2. The maximum atomic E-state index is 4.64. The molecule has 0 bridgehead atoms. The molecule has 20 heavy (non-hydrogen) atoms. The van der Waals surface area contributed by atoms with Gasteiger partial charge in [0.1, 0.15) is 10.4 Å². The van der Waals surface area contributed by atoms with Crippen LogP contribution in [-0.4, -0.2) is 19.2 Å². The monoisotopic (exact) mass is 332 g/mol. The highest BCUT2D eigenvalue weighted by molar-refractivity contribution is 9.10. The van der Waals surface area contributed by atoms with Crippen LogP contribution in [0.3, 0.4) is 0 Å². The summed E-state index contributed by atoms with van der Waals surface area (Å²) in [5, 5.41) is 4.64. The third-order valence-electron chi connectivity index (χ3n) is 3.60. The van der Waals surface area contributed by atoms with Crippen LogP contribution < -0.4 is 0 Å². The molecule has 104 valence electrons. The molecule has 4 nitrogen and oxygen atoms in total. The Bertz CT molecular complexity index is 752. The molecule has 0 unspecified atom stereocenters. The van der Waals surface area contributed by atoms with Gasteiger partial charge < -0.3 is 0 Å². The zero-order chi connectivity index (χ0) is 14.3. The van der Waals surface area contributed by atoms with E-state index in [9.17, 15) is 0 Å². The number of benzene rings is 1. The molecular formula is C15H17BrN4. The molecule has 0 aliphatic carbocycles. The summed E-state index contributed by atoms with van der Waals surface area (Å²) < 4.78 is 4.86. The van der Waals surface area contributed by atoms with Crippen LogP contribution in [0.5, 0.6) is 0 Å². The molecular weight excluding hydrogens is 316 g/mol. The van der Waals surface area contributed by atoms with E-state index in [1.54, 1.807) is 0 Å². The summed E-state index contributed by atoms with van der Waals surface area (Å²) in [5.74, 6) is 1.93. The van der Waals surface area contributed by atoms with Gasteiger partial charge in [-0.05, 0) is 41.8 Å². The summed E-state index contributed by atoms with van der Waals surface area (Å²) in [4.78, 5) is 4.52. The number of fused-ring (bicyclic) bond motifs is 1. The van der Waals surface area contributed by atoms with E-state index in [0.29, 0.717) is 0 Å². The predicted molar refractivity (Wildman–Crippen MR) is 83.0 cm³/mol. The Balaban J connectivity index is 1.84. The minimum atomic E-state index is 0.883. The van der Waals surface area contributed by atoms with Crippen LogP contribution in [-0.2, 0) is 19.9 Å². The van der Waals surface area contributed by atoms with E-state index in [1.807, 2.05) is 18.5 Å². The van der Waals surface area contributed by atoms with E-state index < -0.39 is 0 Å². The molecule has 0 radical (unpaired) electrons. The lowest BCUT2D eigenvalue weighted by Crippen LogP contribution is -2.01. The Morgan fingerprint density at radius 1 is 1.10 bits per heavy atom. The van der Waals surface area contributed by atoms with Crippen molar-refractivity contribution >= 4 is 21.7 Å². The van der Waals surface area contributed by atoms with Crippen LogP contribution in [0.25, 0.3) is 5.78 Å². The number of hydrogen-bond donors (Lipinski definition) is 0. The van der Waals surface area contributed by atoms with Gasteiger partial charge in [-0.15, -0.1) is 0 Å². The maximum absolute atomic E-state index is 4.64. The molecule has 0 amide bonds. The molecule has 0 atom stereocenters. The number of imidazole rings is 1. The molecule has 5 heteroatoms. The van der Waals surface area contributed by atoms with Gasteiger partial charge in [0, 0.05) is 13.5 Å². The van der Waals surface area contributed by atoms with Crippen LogP contribution in [0.4, 0.5) is 0 Å². The van der Waals surface area contributed by atoms with Crippen molar-refractivity contribution in [2.45, 2.75) is 26.7 Å². The van der Waals surface area contributed by atoms with Gasteiger partial charge in [-0.25, -0.2) is 4.98 Å². The van der Waals surface area contributed by atoms with Gasteiger partial charge in [-0.3, -0.25) is 4.57 Å². The molecule has 0 fully saturated rings. The minimum absolute atomic E-state index is 0.883. The van der Waals surface area contributed by atoms with Crippen LogP contribution in [0.1, 0.15) is 22.6 Å². The molecule has 0 saturated carbocycles. The maximum Gasteiger partial charge on any atom is 0.233 e. The highest BCUT2D eigenvalue weighted by Crippen LogP contribution is 2.18. The van der Waals surface area contributed by atoms with Crippen LogP contribution >= 0.6 is 15.9 Å². The molecule has 1 aromatic carbocycles. The third kappa shape index (κ3) is 2.26. The molecule has 2 heterocycles. The smallest absolute Gasteiger partial charge is 0.233 e. The van der Waals surface area contributed by atoms with Crippen molar-refractivity contribution in [3.05, 3.63) is 51.5 Å². The van der Waals surface area contributed by atoms with Crippen molar-refractivity contribution < 1.29 is 0 Å². The molecule has 0 aliphatic rings. The molecule has 2 aromatic heterocycles. The predicted octanol–water partition coefficient (Wildman–Crippen LogP) is 3.23. The quantitative estimate of drug-likeness (QED) is 0.738. The standard InChI is InChI=1S/C15H17BrN4/c1-10-4-6-12(7-5-10)8-9-13-18-20-14(16)11(2)17-15(20)19(13)3/h4-7H,8-9H2,1-3H3. The fourth-order valence-corrected chi connectivity index (χ4v) is 2.64. The van der Waals surface area contributed by atoms with E-state index in [1.165, 1.54) is 11.1 Å². The van der Waals surface area contributed by atoms with Crippen molar-refractivity contribution in [1.29, 1.82) is 0 Å². The number of nitrogens with zero attached hydrogens (tertiary/aromatic N) is 4. The molecule has 0 aliphatic heterocycles. The van der Waals surface area contributed by atoms with E-state index in [0.717, 1.165) is 34.7 Å². The van der Waals surface area contributed by atoms with Gasteiger partial charge in [0.25, 0.3) is 0 Å². The molecule has 0 saturated heterocycles. The second-order valence-corrected chi connectivity index (χ2v) is 5.91. The second-order valence-electron chi connectivity index (χ2n) is 5.16. The van der Waals surface area contributed by atoms with E-state index in [2.05, 4.69) is 61.8 Å². The average molecular weight is 333 g/mol. The van der Waals surface area contributed by atoms with Crippen molar-refractivity contribution in [3.63, 3.8) is 0 Å². The van der Waals surface area contributed by atoms with E-state index >= 15 is 0 Å². The highest BCUT2D eigenvalue weighted by atomic mass is 79.9. The molecule has 0 spiro atoms. The van der Waals surface area contributed by atoms with Crippen molar-refractivity contribution in [3.8, 4) is 0 Å². The fraction of sp³-hybridized carbons (Fsp3) is 0.333. The third-order valence-corrected chi connectivity index (χ3v) is 4.51. The van der Waals surface area contributed by atoms with E-state index in [-0.39, 0.29) is 0 Å². The Morgan fingerprint density at radius 2 is 1.80 bits per heavy atom. The zero-order valence-corrected chi connectivity index (χ0v) is 13.5. The highest BCUT2D eigenvalue weighted by Gasteiger charge is 2.14. The lowest BCUT2D eigenvalue weighted by molar-refractivity contribution is 0.766. The SMILES string of the molecule is Cc1ccc(CCc2nn3c(Br)c(C)nc3n2C)cc1. The van der Waals surface area contributed by atoms with Gasteiger partial charge in [-0.1, -0.05) is 29.8 Å². The Morgan fingerprint density at radius 3 is 2.45 bits per heavy atom. The Hall–Kier alpha value is -1.62. The Labute approximate surface area is 126 Å². The van der Waals surface area contributed by atoms with Crippen LogP contribution in [0, 0.1) is 13.8 Å².